The van der Waals surface area contributed by atoms with E-state index in [1.54, 1.807) is 19.0 Å². The Bertz CT molecular complexity index is 555. The topological polar surface area (TPSA) is 77.0 Å². The van der Waals surface area contributed by atoms with Gasteiger partial charge in [-0.1, -0.05) is 20.3 Å². The molecule has 1 saturated heterocycles. The second-order valence-electron chi connectivity index (χ2n) is 8.06. The van der Waals surface area contributed by atoms with Crippen molar-refractivity contribution >= 4 is 22.7 Å². The average molecular weight is 414 g/mol. The summed E-state index contributed by atoms with van der Waals surface area (Å²) < 4.78 is 12.2. The summed E-state index contributed by atoms with van der Waals surface area (Å²) in [5.74, 6) is 1.43. The molecule has 0 bridgehead atoms. The zero-order valence-corrected chi connectivity index (χ0v) is 18.9. The summed E-state index contributed by atoms with van der Waals surface area (Å²) in [6.07, 6.45) is 6.55. The highest BCUT2D eigenvalue weighted by molar-refractivity contribution is 7.85. The van der Waals surface area contributed by atoms with Gasteiger partial charge in [0.1, 0.15) is 6.54 Å². The molecule has 4 unspecified atom stereocenters. The van der Waals surface area contributed by atoms with Crippen LogP contribution in [-0.4, -0.2) is 89.2 Å². The molecule has 162 valence electrons. The Balaban J connectivity index is 1.97. The number of hydrogen-bond donors (Lipinski definition) is 2. The minimum absolute atomic E-state index is 0.00856. The van der Waals surface area contributed by atoms with Crippen LogP contribution in [0.5, 0.6) is 0 Å². The highest BCUT2D eigenvalue weighted by atomic mass is 32.2. The zero-order valence-electron chi connectivity index (χ0n) is 18.1. The molecule has 2 rings (SSSR count). The second kappa shape index (κ2) is 11.8. The number of likely N-dealkylation sites (N-methyl/N-ethyl adjacent to an activating group) is 2. The smallest absolute Gasteiger partial charge is 0.243 e. The van der Waals surface area contributed by atoms with E-state index in [0.717, 1.165) is 51.1 Å². The van der Waals surface area contributed by atoms with Crippen molar-refractivity contribution in [2.45, 2.75) is 69.7 Å². The lowest BCUT2D eigenvalue weighted by atomic mass is 9.95. The number of carbonyl (C=O) groups is 1. The molecule has 0 aromatic rings. The molecule has 0 aromatic carbocycles. The minimum atomic E-state index is -0.746. The number of nitrogens with zero attached hydrogens (tertiary/aromatic N) is 3. The Hall–Kier alpha value is -1.15. The van der Waals surface area contributed by atoms with Gasteiger partial charge in [0.2, 0.25) is 5.91 Å². The maximum absolute atomic E-state index is 12.2. The van der Waals surface area contributed by atoms with Gasteiger partial charge in [-0.05, 0) is 45.2 Å². The Labute approximate surface area is 173 Å². The molecule has 2 fully saturated rings. The predicted molar refractivity (Wildman–Crippen MR) is 117 cm³/mol. The molecular formula is C20H39N5O2S. The van der Waals surface area contributed by atoms with Gasteiger partial charge in [-0.25, -0.2) is 4.99 Å². The number of carbonyl (C=O) groups excluding carboxylic acids is 1. The first kappa shape index (κ1) is 23.1. The minimum Gasteiger partial charge on any atom is -0.355 e. The van der Waals surface area contributed by atoms with Crippen molar-refractivity contribution < 1.29 is 9.00 Å². The zero-order chi connectivity index (χ0) is 20.5. The van der Waals surface area contributed by atoms with Crippen LogP contribution >= 0.6 is 0 Å². The van der Waals surface area contributed by atoms with Gasteiger partial charge in [-0.2, -0.15) is 0 Å². The van der Waals surface area contributed by atoms with E-state index < -0.39 is 10.8 Å². The van der Waals surface area contributed by atoms with Crippen LogP contribution in [0.25, 0.3) is 0 Å². The summed E-state index contributed by atoms with van der Waals surface area (Å²) in [6, 6.07) is 0.786. The Kier molecular flexibility index (Phi) is 9.71. The van der Waals surface area contributed by atoms with Crippen LogP contribution in [0.1, 0.15) is 52.4 Å². The highest BCUT2D eigenvalue weighted by Gasteiger charge is 2.27. The van der Waals surface area contributed by atoms with Crippen molar-refractivity contribution in [1.82, 2.24) is 20.4 Å². The van der Waals surface area contributed by atoms with Crippen molar-refractivity contribution in [3.05, 3.63) is 0 Å². The SMILES string of the molecule is CCN1CCCC1CNC(=NCC(=O)N(C)C)NC1CCCC(S(=O)CC)C1. The highest BCUT2D eigenvalue weighted by Crippen LogP contribution is 2.23. The number of likely N-dealkylation sites (tertiary alicyclic amines) is 1. The van der Waals surface area contributed by atoms with Gasteiger partial charge in [0.25, 0.3) is 0 Å². The third-order valence-corrected chi connectivity index (χ3v) is 7.65. The van der Waals surface area contributed by atoms with E-state index in [0.29, 0.717) is 12.0 Å². The lowest BCUT2D eigenvalue weighted by Crippen LogP contribution is -2.50. The number of aliphatic imine (C=N–C) groups is 1. The molecule has 1 aliphatic heterocycles. The van der Waals surface area contributed by atoms with Crippen LogP contribution in [0.3, 0.4) is 0 Å². The molecule has 0 spiro atoms. The first-order valence-electron chi connectivity index (χ1n) is 10.8. The molecule has 28 heavy (non-hydrogen) atoms. The monoisotopic (exact) mass is 413 g/mol. The third-order valence-electron chi connectivity index (χ3n) is 5.90. The van der Waals surface area contributed by atoms with Crippen LogP contribution < -0.4 is 10.6 Å². The lowest BCUT2D eigenvalue weighted by molar-refractivity contribution is -0.127. The number of rotatable bonds is 8. The van der Waals surface area contributed by atoms with Crippen molar-refractivity contribution in [2.75, 3.05) is 46.0 Å². The molecular weight excluding hydrogens is 374 g/mol. The van der Waals surface area contributed by atoms with Crippen LogP contribution in [0, 0.1) is 0 Å². The standard InChI is InChI=1S/C20H39N5O2S/c1-5-25-12-8-10-17(25)14-21-20(22-15-19(26)24(3)4)23-16-9-7-11-18(13-16)28(27)6-2/h16-18H,5-15H2,1-4H3,(H2,21,22,23). The summed E-state index contributed by atoms with van der Waals surface area (Å²) in [6.45, 7) is 7.41. The van der Waals surface area contributed by atoms with Gasteiger partial charge in [-0.15, -0.1) is 0 Å². The molecule has 1 heterocycles. The summed E-state index contributed by atoms with van der Waals surface area (Å²) >= 11 is 0. The quantitative estimate of drug-likeness (QED) is 0.461. The summed E-state index contributed by atoms with van der Waals surface area (Å²) in [7, 11) is 2.76. The molecule has 1 saturated carbocycles. The van der Waals surface area contributed by atoms with E-state index in [1.807, 2.05) is 6.92 Å². The molecule has 7 nitrogen and oxygen atoms in total. The van der Waals surface area contributed by atoms with Crippen LogP contribution in [0.15, 0.2) is 4.99 Å². The molecule has 0 aromatic heterocycles. The van der Waals surface area contributed by atoms with Crippen molar-refractivity contribution in [2.24, 2.45) is 4.99 Å². The molecule has 2 N–H and O–H groups in total. The average Bonchev–Trinajstić information content (AvgIpc) is 3.16. The lowest BCUT2D eigenvalue weighted by Gasteiger charge is -2.31. The van der Waals surface area contributed by atoms with E-state index in [1.165, 1.54) is 12.8 Å². The molecule has 0 radical (unpaired) electrons. The van der Waals surface area contributed by atoms with Crippen molar-refractivity contribution in [3.8, 4) is 0 Å². The van der Waals surface area contributed by atoms with E-state index in [9.17, 15) is 9.00 Å². The normalized spacial score (nSPS) is 27.4. The maximum atomic E-state index is 12.2. The summed E-state index contributed by atoms with van der Waals surface area (Å²) in [4.78, 5) is 20.6. The van der Waals surface area contributed by atoms with Crippen LogP contribution in [0.2, 0.25) is 0 Å². The number of guanidine groups is 1. The summed E-state index contributed by atoms with van der Waals surface area (Å²) in [5.41, 5.74) is 0. The number of nitrogens with one attached hydrogen (secondary N) is 2. The Morgan fingerprint density at radius 2 is 2.00 bits per heavy atom. The fraction of sp³-hybridized carbons (Fsp3) is 0.900. The molecule has 1 amide bonds. The van der Waals surface area contributed by atoms with Crippen LogP contribution in [-0.2, 0) is 15.6 Å². The van der Waals surface area contributed by atoms with Gasteiger partial charge in [0.05, 0.1) is 0 Å². The van der Waals surface area contributed by atoms with E-state index in [4.69, 9.17) is 0 Å². The fourth-order valence-corrected chi connectivity index (χ4v) is 5.49. The molecule has 4 atom stereocenters. The first-order chi connectivity index (χ1) is 13.4. The number of amides is 1. The van der Waals surface area contributed by atoms with Gasteiger partial charge in [0.15, 0.2) is 5.96 Å². The Morgan fingerprint density at radius 1 is 1.21 bits per heavy atom. The van der Waals surface area contributed by atoms with Gasteiger partial charge < -0.3 is 15.5 Å². The predicted octanol–water partition coefficient (Wildman–Crippen LogP) is 1.17. The maximum Gasteiger partial charge on any atom is 0.243 e. The van der Waals surface area contributed by atoms with E-state index in [2.05, 4.69) is 27.4 Å². The largest absolute Gasteiger partial charge is 0.355 e. The number of hydrogen-bond acceptors (Lipinski definition) is 4. The molecule has 2 aliphatic rings. The summed E-state index contributed by atoms with van der Waals surface area (Å²) in [5, 5.41) is 7.28. The van der Waals surface area contributed by atoms with Gasteiger partial charge in [0, 0.05) is 54.5 Å². The van der Waals surface area contributed by atoms with E-state index in [-0.39, 0.29) is 23.7 Å². The fourth-order valence-electron chi connectivity index (χ4n) is 4.14. The van der Waals surface area contributed by atoms with Crippen LogP contribution in [0.4, 0.5) is 0 Å². The van der Waals surface area contributed by atoms with Gasteiger partial charge in [-0.3, -0.25) is 13.9 Å². The third kappa shape index (κ3) is 7.03. The van der Waals surface area contributed by atoms with Gasteiger partial charge >= 0.3 is 0 Å². The molecule has 1 aliphatic carbocycles. The first-order valence-corrected chi connectivity index (χ1v) is 12.2. The Morgan fingerprint density at radius 3 is 2.68 bits per heavy atom. The molecule has 8 heteroatoms. The second-order valence-corrected chi connectivity index (χ2v) is 10.1. The van der Waals surface area contributed by atoms with E-state index >= 15 is 0 Å². The van der Waals surface area contributed by atoms with Crippen molar-refractivity contribution in [1.29, 1.82) is 0 Å². The van der Waals surface area contributed by atoms with Crippen molar-refractivity contribution in [3.63, 3.8) is 0 Å².